The van der Waals surface area contributed by atoms with Crippen LogP contribution in [0.1, 0.15) is 10.4 Å². The molecule has 0 spiro atoms. The Morgan fingerprint density at radius 2 is 1.84 bits per heavy atom. The number of hydrogen-bond donors (Lipinski definition) is 1. The van der Waals surface area contributed by atoms with Crippen LogP contribution in [0.15, 0.2) is 42.5 Å². The minimum absolute atomic E-state index is 0.120. The fraction of sp³-hybridized carbons (Fsp3) is 0.0714. The summed E-state index contributed by atoms with van der Waals surface area (Å²) in [6, 6.07) is 12.4. The fourth-order valence-electron chi connectivity index (χ4n) is 1.70. The molecule has 98 valence electrons. The Morgan fingerprint density at radius 3 is 2.47 bits per heavy atom. The number of nitrogen functional groups attached to an aromatic ring is 1. The van der Waals surface area contributed by atoms with Crippen molar-refractivity contribution in [3.63, 3.8) is 0 Å². The molecule has 0 heterocycles. The summed E-state index contributed by atoms with van der Waals surface area (Å²) in [5.41, 5.74) is 7.62. The quantitative estimate of drug-likeness (QED) is 0.630. The van der Waals surface area contributed by atoms with E-state index in [1.165, 1.54) is 4.90 Å². The van der Waals surface area contributed by atoms with Crippen LogP contribution in [0.2, 0.25) is 5.02 Å². The van der Waals surface area contributed by atoms with Gasteiger partial charge in [-0.3, -0.25) is 4.79 Å². The molecule has 5 heteroatoms. The number of carbonyl (C=O) groups is 1. The van der Waals surface area contributed by atoms with Crippen molar-refractivity contribution in [1.29, 1.82) is 0 Å². The van der Waals surface area contributed by atoms with Gasteiger partial charge in [0.15, 0.2) is 0 Å². The number of halogens is 2. The molecule has 0 bridgehead atoms. The van der Waals surface area contributed by atoms with E-state index in [2.05, 4.69) is 22.6 Å². The van der Waals surface area contributed by atoms with E-state index in [9.17, 15) is 4.79 Å². The molecule has 3 nitrogen and oxygen atoms in total. The molecule has 0 fully saturated rings. The van der Waals surface area contributed by atoms with Crippen LogP contribution in [0.4, 0.5) is 11.4 Å². The van der Waals surface area contributed by atoms with Gasteiger partial charge in [0.25, 0.3) is 5.91 Å². The van der Waals surface area contributed by atoms with Crippen molar-refractivity contribution >= 4 is 51.5 Å². The first-order valence-electron chi connectivity index (χ1n) is 5.57. The Labute approximate surface area is 130 Å². The Morgan fingerprint density at radius 1 is 1.21 bits per heavy atom. The highest BCUT2D eigenvalue weighted by Crippen LogP contribution is 2.27. The summed E-state index contributed by atoms with van der Waals surface area (Å²) in [4.78, 5) is 13.8. The Kier molecular flexibility index (Phi) is 4.31. The van der Waals surface area contributed by atoms with Gasteiger partial charge < -0.3 is 10.6 Å². The van der Waals surface area contributed by atoms with Gasteiger partial charge in [0.2, 0.25) is 0 Å². The van der Waals surface area contributed by atoms with Crippen LogP contribution in [0.3, 0.4) is 0 Å². The van der Waals surface area contributed by atoms with E-state index >= 15 is 0 Å². The predicted octanol–water partition coefficient (Wildman–Crippen LogP) is 3.80. The maximum Gasteiger partial charge on any atom is 0.258 e. The number of hydrogen-bond acceptors (Lipinski definition) is 2. The molecule has 0 unspecified atom stereocenters. The maximum absolute atomic E-state index is 12.3. The van der Waals surface area contributed by atoms with Gasteiger partial charge >= 0.3 is 0 Å². The van der Waals surface area contributed by atoms with Gasteiger partial charge in [-0.1, -0.05) is 11.6 Å². The largest absolute Gasteiger partial charge is 0.397 e. The number of nitrogens with two attached hydrogens (primary N) is 1. The molecule has 2 N–H and O–H groups in total. The van der Waals surface area contributed by atoms with Crippen molar-refractivity contribution in [2.45, 2.75) is 0 Å². The standard InChI is InChI=1S/C14H12ClIN2O/c1-18(13-8-10(15)4-7-12(13)17)14(19)9-2-5-11(16)6-3-9/h2-8H,17H2,1H3. The molecule has 2 aromatic carbocycles. The van der Waals surface area contributed by atoms with Crippen LogP contribution >= 0.6 is 34.2 Å². The van der Waals surface area contributed by atoms with Gasteiger partial charge in [-0.05, 0) is 65.1 Å². The highest BCUT2D eigenvalue weighted by Gasteiger charge is 2.15. The molecule has 0 aliphatic heterocycles. The summed E-state index contributed by atoms with van der Waals surface area (Å²) in [6.07, 6.45) is 0. The van der Waals surface area contributed by atoms with Crippen LogP contribution in [0.5, 0.6) is 0 Å². The van der Waals surface area contributed by atoms with Gasteiger partial charge in [-0.15, -0.1) is 0 Å². The number of benzene rings is 2. The van der Waals surface area contributed by atoms with E-state index in [4.69, 9.17) is 17.3 Å². The molecule has 2 aromatic rings. The van der Waals surface area contributed by atoms with Crippen molar-refractivity contribution in [3.8, 4) is 0 Å². The smallest absolute Gasteiger partial charge is 0.258 e. The second-order valence-electron chi connectivity index (χ2n) is 4.07. The van der Waals surface area contributed by atoms with Crippen molar-refractivity contribution in [2.75, 3.05) is 17.7 Å². The third kappa shape index (κ3) is 3.19. The molecule has 2 rings (SSSR count). The molecule has 0 saturated carbocycles. The summed E-state index contributed by atoms with van der Waals surface area (Å²) in [5, 5.41) is 0.548. The maximum atomic E-state index is 12.3. The van der Waals surface area contributed by atoms with Gasteiger partial charge in [0.1, 0.15) is 0 Å². The predicted molar refractivity (Wildman–Crippen MR) is 87.8 cm³/mol. The van der Waals surface area contributed by atoms with E-state index in [-0.39, 0.29) is 5.91 Å². The lowest BCUT2D eigenvalue weighted by Crippen LogP contribution is -2.27. The Hall–Kier alpha value is -1.27. The highest BCUT2D eigenvalue weighted by molar-refractivity contribution is 14.1. The molecule has 0 radical (unpaired) electrons. The number of amides is 1. The molecule has 0 aliphatic rings. The average Bonchev–Trinajstić information content (AvgIpc) is 2.41. The number of anilines is 2. The lowest BCUT2D eigenvalue weighted by atomic mass is 10.2. The molecule has 0 atom stereocenters. The average molecular weight is 387 g/mol. The van der Waals surface area contributed by atoms with Crippen molar-refractivity contribution < 1.29 is 4.79 Å². The van der Waals surface area contributed by atoms with Crippen LogP contribution in [-0.2, 0) is 0 Å². The molecular weight excluding hydrogens is 375 g/mol. The fourth-order valence-corrected chi connectivity index (χ4v) is 2.23. The first kappa shape index (κ1) is 14.1. The van der Waals surface area contributed by atoms with Crippen LogP contribution < -0.4 is 10.6 Å². The molecule has 0 aromatic heterocycles. The first-order valence-corrected chi connectivity index (χ1v) is 7.03. The Bertz CT molecular complexity index is 613. The van der Waals surface area contributed by atoms with Crippen LogP contribution in [0, 0.1) is 3.57 Å². The molecule has 0 aliphatic carbocycles. The molecule has 1 amide bonds. The molecule has 0 saturated heterocycles. The molecule has 19 heavy (non-hydrogen) atoms. The Balaban J connectivity index is 2.33. The van der Waals surface area contributed by atoms with Gasteiger partial charge in [0.05, 0.1) is 11.4 Å². The minimum atomic E-state index is -0.120. The summed E-state index contributed by atoms with van der Waals surface area (Å²) in [7, 11) is 1.68. The number of rotatable bonds is 2. The molecular formula is C14H12ClIN2O. The highest BCUT2D eigenvalue weighted by atomic mass is 127. The third-order valence-corrected chi connectivity index (χ3v) is 3.70. The first-order chi connectivity index (χ1) is 8.99. The van der Waals surface area contributed by atoms with Crippen LogP contribution in [0.25, 0.3) is 0 Å². The van der Waals surface area contributed by atoms with Gasteiger partial charge in [0, 0.05) is 21.2 Å². The van der Waals surface area contributed by atoms with E-state index in [0.717, 1.165) is 3.57 Å². The summed E-state index contributed by atoms with van der Waals surface area (Å²) in [6.45, 7) is 0. The van der Waals surface area contributed by atoms with E-state index in [1.807, 2.05) is 12.1 Å². The lowest BCUT2D eigenvalue weighted by Gasteiger charge is -2.19. The van der Waals surface area contributed by atoms with E-state index < -0.39 is 0 Å². The zero-order valence-electron chi connectivity index (χ0n) is 10.2. The van der Waals surface area contributed by atoms with Gasteiger partial charge in [-0.2, -0.15) is 0 Å². The van der Waals surface area contributed by atoms with Crippen LogP contribution in [-0.4, -0.2) is 13.0 Å². The second-order valence-corrected chi connectivity index (χ2v) is 5.76. The lowest BCUT2D eigenvalue weighted by molar-refractivity contribution is 0.0993. The minimum Gasteiger partial charge on any atom is -0.397 e. The second kappa shape index (κ2) is 5.79. The van der Waals surface area contributed by atoms with Crippen molar-refractivity contribution in [2.24, 2.45) is 0 Å². The number of carbonyl (C=O) groups excluding carboxylic acids is 1. The van der Waals surface area contributed by atoms with Crippen molar-refractivity contribution in [3.05, 3.63) is 56.6 Å². The number of nitrogens with zero attached hydrogens (tertiary/aromatic N) is 1. The van der Waals surface area contributed by atoms with Crippen molar-refractivity contribution in [1.82, 2.24) is 0 Å². The topological polar surface area (TPSA) is 46.3 Å². The summed E-state index contributed by atoms with van der Waals surface area (Å²) >= 11 is 8.13. The van der Waals surface area contributed by atoms with Gasteiger partial charge in [-0.25, -0.2) is 0 Å². The third-order valence-electron chi connectivity index (χ3n) is 2.75. The summed E-state index contributed by atoms with van der Waals surface area (Å²) < 4.78 is 1.08. The summed E-state index contributed by atoms with van der Waals surface area (Å²) in [5.74, 6) is -0.120. The zero-order chi connectivity index (χ0) is 14.0. The van der Waals surface area contributed by atoms with E-state index in [0.29, 0.717) is 22.0 Å². The SMILES string of the molecule is CN(C(=O)c1ccc(I)cc1)c1cc(Cl)ccc1N. The van der Waals surface area contributed by atoms with E-state index in [1.54, 1.807) is 37.4 Å². The monoisotopic (exact) mass is 386 g/mol. The normalized spacial score (nSPS) is 10.3. The zero-order valence-corrected chi connectivity index (χ0v) is 13.1.